The van der Waals surface area contributed by atoms with Gasteiger partial charge < -0.3 is 5.32 Å². The summed E-state index contributed by atoms with van der Waals surface area (Å²) in [6.07, 6.45) is 1.16. The maximum absolute atomic E-state index is 3.55. The standard InChI is InChI=1S/C12H20BrNS/c1-8-9(6-11(13)15-8)10(14-5)7-12(2,3)4/h6,10,14H,7H2,1-5H3. The molecular weight excluding hydrogens is 270 g/mol. The van der Waals surface area contributed by atoms with E-state index < -0.39 is 0 Å². The summed E-state index contributed by atoms with van der Waals surface area (Å²) >= 11 is 5.37. The van der Waals surface area contributed by atoms with E-state index in [-0.39, 0.29) is 0 Å². The molecule has 3 heteroatoms. The van der Waals surface area contributed by atoms with Gasteiger partial charge in [0, 0.05) is 10.9 Å². The van der Waals surface area contributed by atoms with E-state index in [1.807, 2.05) is 18.4 Å². The van der Waals surface area contributed by atoms with Gasteiger partial charge in [-0.25, -0.2) is 0 Å². The third kappa shape index (κ3) is 3.89. The molecule has 0 aliphatic carbocycles. The lowest BCUT2D eigenvalue weighted by atomic mass is 9.86. The Hall–Kier alpha value is 0.140. The van der Waals surface area contributed by atoms with E-state index in [0.717, 1.165) is 6.42 Å². The molecule has 0 fully saturated rings. The Labute approximate surface area is 105 Å². The van der Waals surface area contributed by atoms with Crippen LogP contribution < -0.4 is 5.32 Å². The van der Waals surface area contributed by atoms with Gasteiger partial charge in [0.2, 0.25) is 0 Å². The first-order valence-electron chi connectivity index (χ1n) is 5.26. The van der Waals surface area contributed by atoms with Gasteiger partial charge in [0.25, 0.3) is 0 Å². The Morgan fingerprint density at radius 3 is 2.40 bits per heavy atom. The van der Waals surface area contributed by atoms with Crippen molar-refractivity contribution in [3.8, 4) is 0 Å². The van der Waals surface area contributed by atoms with Crippen LogP contribution in [-0.2, 0) is 0 Å². The molecule has 1 heterocycles. The zero-order valence-electron chi connectivity index (χ0n) is 10.1. The molecule has 0 aromatic carbocycles. The summed E-state index contributed by atoms with van der Waals surface area (Å²) in [4.78, 5) is 1.41. The molecule has 1 unspecified atom stereocenters. The Morgan fingerprint density at radius 1 is 1.47 bits per heavy atom. The van der Waals surface area contributed by atoms with Gasteiger partial charge in [-0.2, -0.15) is 0 Å². The van der Waals surface area contributed by atoms with Crippen molar-refractivity contribution in [2.24, 2.45) is 5.41 Å². The molecule has 1 aromatic rings. The molecule has 0 spiro atoms. The van der Waals surface area contributed by atoms with Crippen LogP contribution in [0.5, 0.6) is 0 Å². The fourth-order valence-corrected chi connectivity index (χ4v) is 3.56. The minimum Gasteiger partial charge on any atom is -0.313 e. The first-order chi connectivity index (χ1) is 6.83. The van der Waals surface area contributed by atoms with Crippen LogP contribution in [0.25, 0.3) is 0 Å². The fourth-order valence-electron chi connectivity index (χ4n) is 1.78. The van der Waals surface area contributed by atoms with E-state index in [0.29, 0.717) is 11.5 Å². The summed E-state index contributed by atoms with van der Waals surface area (Å²) in [7, 11) is 2.04. The maximum atomic E-state index is 3.55. The first kappa shape index (κ1) is 13.2. The summed E-state index contributed by atoms with van der Waals surface area (Å²) in [5.41, 5.74) is 1.79. The summed E-state index contributed by atoms with van der Waals surface area (Å²) in [6, 6.07) is 2.71. The highest BCUT2D eigenvalue weighted by atomic mass is 79.9. The van der Waals surface area contributed by atoms with Crippen LogP contribution in [0, 0.1) is 12.3 Å². The van der Waals surface area contributed by atoms with Crippen LogP contribution in [-0.4, -0.2) is 7.05 Å². The second kappa shape index (κ2) is 4.98. The molecule has 1 aromatic heterocycles. The Bertz CT molecular complexity index is 325. The molecule has 15 heavy (non-hydrogen) atoms. The second-order valence-corrected chi connectivity index (χ2v) is 7.80. The SMILES string of the molecule is CNC(CC(C)(C)C)c1cc(Br)sc1C. The lowest BCUT2D eigenvalue weighted by Crippen LogP contribution is -2.22. The topological polar surface area (TPSA) is 12.0 Å². The van der Waals surface area contributed by atoms with Crippen molar-refractivity contribution in [1.82, 2.24) is 5.32 Å². The summed E-state index contributed by atoms with van der Waals surface area (Å²) in [5, 5.41) is 3.41. The third-order valence-corrected chi connectivity index (χ3v) is 4.04. The monoisotopic (exact) mass is 289 g/mol. The van der Waals surface area contributed by atoms with Crippen molar-refractivity contribution >= 4 is 27.3 Å². The van der Waals surface area contributed by atoms with E-state index in [1.54, 1.807) is 0 Å². The summed E-state index contributed by atoms with van der Waals surface area (Å²) < 4.78 is 1.23. The molecule has 0 aliphatic heterocycles. The van der Waals surface area contributed by atoms with Gasteiger partial charge in [0.15, 0.2) is 0 Å². The lowest BCUT2D eigenvalue weighted by Gasteiger charge is -2.25. The van der Waals surface area contributed by atoms with Crippen molar-refractivity contribution in [2.45, 2.75) is 40.2 Å². The molecule has 1 atom stereocenters. The molecule has 86 valence electrons. The largest absolute Gasteiger partial charge is 0.313 e. The summed E-state index contributed by atoms with van der Waals surface area (Å²) in [6.45, 7) is 9.05. The van der Waals surface area contributed by atoms with E-state index in [1.165, 1.54) is 14.2 Å². The highest BCUT2D eigenvalue weighted by molar-refractivity contribution is 9.11. The van der Waals surface area contributed by atoms with Crippen LogP contribution in [0.15, 0.2) is 9.85 Å². The Kier molecular flexibility index (Phi) is 4.38. The van der Waals surface area contributed by atoms with Crippen LogP contribution in [0.4, 0.5) is 0 Å². The number of thiophene rings is 1. The van der Waals surface area contributed by atoms with Crippen LogP contribution >= 0.6 is 27.3 Å². The molecule has 1 N–H and O–H groups in total. The van der Waals surface area contributed by atoms with Crippen molar-refractivity contribution in [2.75, 3.05) is 7.05 Å². The number of hydrogen-bond donors (Lipinski definition) is 1. The zero-order valence-corrected chi connectivity index (χ0v) is 12.6. The first-order valence-corrected chi connectivity index (χ1v) is 6.87. The molecule has 0 saturated heterocycles. The van der Waals surface area contributed by atoms with Gasteiger partial charge >= 0.3 is 0 Å². The Morgan fingerprint density at radius 2 is 2.07 bits per heavy atom. The minimum atomic E-state index is 0.356. The average molecular weight is 290 g/mol. The van der Waals surface area contributed by atoms with E-state index >= 15 is 0 Å². The predicted molar refractivity (Wildman–Crippen MR) is 72.6 cm³/mol. The van der Waals surface area contributed by atoms with Crippen molar-refractivity contribution in [3.05, 3.63) is 20.3 Å². The van der Waals surface area contributed by atoms with Crippen LogP contribution in [0.1, 0.15) is 43.7 Å². The number of aryl methyl sites for hydroxylation is 1. The molecular formula is C12H20BrNS. The second-order valence-electron chi connectivity index (χ2n) is 5.17. The van der Waals surface area contributed by atoms with Crippen LogP contribution in [0.3, 0.4) is 0 Å². The molecule has 0 aliphatic rings. The van der Waals surface area contributed by atoms with E-state index in [2.05, 4.69) is 55.0 Å². The van der Waals surface area contributed by atoms with Crippen LogP contribution in [0.2, 0.25) is 0 Å². The molecule has 0 amide bonds. The smallest absolute Gasteiger partial charge is 0.0704 e. The number of rotatable bonds is 3. The van der Waals surface area contributed by atoms with Gasteiger partial charge in [0.05, 0.1) is 3.79 Å². The quantitative estimate of drug-likeness (QED) is 0.863. The Balaban J connectivity index is 2.88. The molecule has 0 bridgehead atoms. The molecule has 0 saturated carbocycles. The van der Waals surface area contributed by atoms with Gasteiger partial charge in [0.1, 0.15) is 0 Å². The third-order valence-electron chi connectivity index (χ3n) is 2.47. The van der Waals surface area contributed by atoms with Crippen molar-refractivity contribution in [3.63, 3.8) is 0 Å². The molecule has 1 rings (SSSR count). The number of nitrogens with one attached hydrogen (secondary N) is 1. The van der Waals surface area contributed by atoms with Gasteiger partial charge in [-0.15, -0.1) is 11.3 Å². The average Bonchev–Trinajstić information content (AvgIpc) is 2.39. The van der Waals surface area contributed by atoms with Gasteiger partial charge in [-0.05, 0) is 53.4 Å². The predicted octanol–water partition coefficient (Wildman–Crippen LogP) is 4.52. The highest BCUT2D eigenvalue weighted by Gasteiger charge is 2.21. The number of halogens is 1. The fraction of sp³-hybridized carbons (Fsp3) is 0.667. The normalized spacial score (nSPS) is 14.3. The lowest BCUT2D eigenvalue weighted by molar-refractivity contribution is 0.320. The molecule has 1 nitrogen and oxygen atoms in total. The van der Waals surface area contributed by atoms with Gasteiger partial charge in [-0.3, -0.25) is 0 Å². The van der Waals surface area contributed by atoms with E-state index in [4.69, 9.17) is 0 Å². The number of hydrogen-bond acceptors (Lipinski definition) is 2. The minimum absolute atomic E-state index is 0.356. The van der Waals surface area contributed by atoms with Crippen molar-refractivity contribution in [1.29, 1.82) is 0 Å². The summed E-state index contributed by atoms with van der Waals surface area (Å²) in [5.74, 6) is 0. The van der Waals surface area contributed by atoms with Crippen molar-refractivity contribution < 1.29 is 0 Å². The van der Waals surface area contributed by atoms with E-state index in [9.17, 15) is 0 Å². The van der Waals surface area contributed by atoms with Gasteiger partial charge in [-0.1, -0.05) is 20.8 Å². The highest BCUT2D eigenvalue weighted by Crippen LogP contribution is 2.35. The zero-order chi connectivity index (χ0) is 11.6. The molecule has 0 radical (unpaired) electrons. The maximum Gasteiger partial charge on any atom is 0.0704 e.